The van der Waals surface area contributed by atoms with Crippen molar-refractivity contribution in [2.24, 2.45) is 0 Å². The van der Waals surface area contributed by atoms with Crippen LogP contribution >= 0.6 is 0 Å². The van der Waals surface area contributed by atoms with Crippen molar-refractivity contribution >= 4 is 21.5 Å². The first kappa shape index (κ1) is 10.8. The van der Waals surface area contributed by atoms with E-state index in [0.717, 1.165) is 6.26 Å². The Bertz CT molecular complexity index is 421. The van der Waals surface area contributed by atoms with Crippen molar-refractivity contribution < 1.29 is 8.42 Å². The van der Waals surface area contributed by atoms with Crippen LogP contribution in [0.2, 0.25) is 0 Å². The van der Waals surface area contributed by atoms with Gasteiger partial charge in [0.15, 0.2) is 20.6 Å². The van der Waals surface area contributed by atoms with Crippen molar-refractivity contribution in [3.8, 4) is 0 Å². The van der Waals surface area contributed by atoms with Crippen LogP contribution in [-0.2, 0) is 9.84 Å². The molecule has 0 radical (unpaired) electrons. The highest BCUT2D eigenvalue weighted by Crippen LogP contribution is 2.24. The van der Waals surface area contributed by atoms with Gasteiger partial charge in [-0.15, -0.1) is 0 Å². The third-order valence-corrected chi connectivity index (χ3v) is 2.70. The van der Waals surface area contributed by atoms with E-state index in [1.54, 1.807) is 0 Å². The van der Waals surface area contributed by atoms with Crippen molar-refractivity contribution in [1.82, 2.24) is 10.2 Å². The van der Waals surface area contributed by atoms with E-state index >= 15 is 0 Å². The number of aromatic nitrogens is 2. The smallest absolute Gasteiger partial charge is 0.182 e. The molecule has 0 aromatic carbocycles. The summed E-state index contributed by atoms with van der Waals surface area (Å²) in [6.07, 6.45) is 1.10. The molecule has 0 atom stereocenters. The van der Waals surface area contributed by atoms with Gasteiger partial charge < -0.3 is 11.1 Å². The molecular formula is C7H14N4O2S. The van der Waals surface area contributed by atoms with Crippen molar-refractivity contribution in [1.29, 1.82) is 0 Å². The number of hydrogen-bond donors (Lipinski definition) is 3. The summed E-state index contributed by atoms with van der Waals surface area (Å²) in [5, 5.41) is 9.12. The van der Waals surface area contributed by atoms with E-state index in [1.807, 2.05) is 13.8 Å². The molecule has 0 aliphatic carbocycles. The molecule has 1 aromatic heterocycles. The third-order valence-electron chi connectivity index (χ3n) is 1.54. The summed E-state index contributed by atoms with van der Waals surface area (Å²) in [5.41, 5.74) is 5.47. The van der Waals surface area contributed by atoms with Crippen LogP contribution in [0.1, 0.15) is 13.8 Å². The van der Waals surface area contributed by atoms with Crippen molar-refractivity contribution in [3.63, 3.8) is 0 Å². The predicted octanol–water partition coefficient (Wildman–Crippen LogP) is 0.216. The Morgan fingerprint density at radius 3 is 2.50 bits per heavy atom. The average molecular weight is 218 g/mol. The molecule has 4 N–H and O–H groups in total. The molecule has 0 unspecified atom stereocenters. The van der Waals surface area contributed by atoms with Crippen molar-refractivity contribution in [2.45, 2.75) is 24.8 Å². The summed E-state index contributed by atoms with van der Waals surface area (Å²) in [6.45, 7) is 3.77. The number of nitrogens with zero attached hydrogens (tertiary/aromatic N) is 1. The lowest BCUT2D eigenvalue weighted by Crippen LogP contribution is -2.13. The maximum Gasteiger partial charge on any atom is 0.182 e. The number of H-pyrrole nitrogens is 1. The van der Waals surface area contributed by atoms with Gasteiger partial charge in [0.25, 0.3) is 0 Å². The Labute approximate surface area is 82.8 Å². The van der Waals surface area contributed by atoms with Crippen molar-refractivity contribution in [2.75, 3.05) is 17.3 Å². The van der Waals surface area contributed by atoms with Gasteiger partial charge in [-0.3, -0.25) is 5.10 Å². The Morgan fingerprint density at radius 1 is 1.50 bits per heavy atom. The summed E-state index contributed by atoms with van der Waals surface area (Å²) in [6, 6.07) is 0.0956. The molecular weight excluding hydrogens is 204 g/mol. The molecule has 0 fully saturated rings. The van der Waals surface area contributed by atoms with Gasteiger partial charge >= 0.3 is 0 Å². The largest absolute Gasteiger partial charge is 0.383 e. The summed E-state index contributed by atoms with van der Waals surface area (Å²) < 4.78 is 22.7. The van der Waals surface area contributed by atoms with Crippen molar-refractivity contribution in [3.05, 3.63) is 0 Å². The molecule has 6 nitrogen and oxygen atoms in total. The molecule has 1 aromatic rings. The van der Waals surface area contributed by atoms with Gasteiger partial charge in [-0.1, -0.05) is 0 Å². The number of nitrogens with one attached hydrogen (secondary N) is 2. The SMILES string of the molecule is CC(C)Nc1n[nH]c(N)c1S(C)(=O)=O. The fraction of sp³-hybridized carbons (Fsp3) is 0.571. The van der Waals surface area contributed by atoms with Gasteiger partial charge in [-0.2, -0.15) is 5.10 Å². The molecule has 0 saturated heterocycles. The number of sulfone groups is 1. The first-order chi connectivity index (χ1) is 6.32. The van der Waals surface area contributed by atoms with Crippen LogP contribution in [0.3, 0.4) is 0 Å². The average Bonchev–Trinajstić information content (AvgIpc) is 2.28. The normalized spacial score (nSPS) is 12.0. The van der Waals surface area contributed by atoms with Crippen LogP contribution in [-0.4, -0.2) is 30.9 Å². The van der Waals surface area contributed by atoms with Crippen LogP contribution in [0.4, 0.5) is 11.6 Å². The highest BCUT2D eigenvalue weighted by molar-refractivity contribution is 7.91. The molecule has 0 spiro atoms. The van der Waals surface area contributed by atoms with Crippen LogP contribution in [0, 0.1) is 0 Å². The van der Waals surface area contributed by atoms with E-state index in [1.165, 1.54) is 0 Å². The predicted molar refractivity (Wildman–Crippen MR) is 54.9 cm³/mol. The Morgan fingerprint density at radius 2 is 2.07 bits per heavy atom. The number of anilines is 2. The zero-order valence-corrected chi connectivity index (χ0v) is 9.14. The van der Waals surface area contributed by atoms with Crippen LogP contribution in [0.5, 0.6) is 0 Å². The van der Waals surface area contributed by atoms with Crippen LogP contribution in [0.15, 0.2) is 4.90 Å². The fourth-order valence-electron chi connectivity index (χ4n) is 1.09. The summed E-state index contributed by atoms with van der Waals surface area (Å²) >= 11 is 0. The summed E-state index contributed by atoms with van der Waals surface area (Å²) in [4.78, 5) is 0.0335. The van der Waals surface area contributed by atoms with E-state index < -0.39 is 9.84 Å². The lowest BCUT2D eigenvalue weighted by molar-refractivity contribution is 0.602. The Balaban J connectivity index is 3.20. The van der Waals surface area contributed by atoms with Crippen LogP contribution in [0.25, 0.3) is 0 Å². The minimum atomic E-state index is -3.35. The number of nitrogen functional groups attached to an aromatic ring is 1. The molecule has 7 heteroatoms. The number of aromatic amines is 1. The first-order valence-corrected chi connectivity index (χ1v) is 6.02. The lowest BCUT2D eigenvalue weighted by atomic mass is 10.4. The maximum atomic E-state index is 11.3. The van der Waals surface area contributed by atoms with Crippen LogP contribution < -0.4 is 11.1 Å². The molecule has 0 aliphatic rings. The summed E-state index contributed by atoms with van der Waals surface area (Å²) in [7, 11) is -3.35. The molecule has 1 rings (SSSR count). The standard InChI is InChI=1S/C7H14N4O2S/c1-4(2)9-7-5(14(3,12)13)6(8)10-11-7/h4H,1-3H3,(H4,8,9,10,11). The third kappa shape index (κ3) is 2.16. The zero-order chi connectivity index (χ0) is 10.9. The highest BCUT2D eigenvalue weighted by Gasteiger charge is 2.21. The lowest BCUT2D eigenvalue weighted by Gasteiger charge is -2.07. The van der Waals surface area contributed by atoms with E-state index in [-0.39, 0.29) is 22.6 Å². The minimum absolute atomic E-state index is 0.0335. The van der Waals surface area contributed by atoms with Gasteiger partial charge in [-0.25, -0.2) is 8.42 Å². The highest BCUT2D eigenvalue weighted by atomic mass is 32.2. The quantitative estimate of drug-likeness (QED) is 0.673. The molecule has 1 heterocycles. The Kier molecular flexibility index (Phi) is 2.70. The molecule has 14 heavy (non-hydrogen) atoms. The van der Waals surface area contributed by atoms with Gasteiger partial charge in [0.2, 0.25) is 0 Å². The number of hydrogen-bond acceptors (Lipinski definition) is 5. The second-order valence-corrected chi connectivity index (χ2v) is 5.34. The van der Waals surface area contributed by atoms with Gasteiger partial charge in [0, 0.05) is 12.3 Å². The second-order valence-electron chi connectivity index (χ2n) is 3.39. The molecule has 0 saturated carbocycles. The van der Waals surface area contributed by atoms with E-state index in [4.69, 9.17) is 5.73 Å². The first-order valence-electron chi connectivity index (χ1n) is 4.12. The van der Waals surface area contributed by atoms with E-state index in [0.29, 0.717) is 0 Å². The van der Waals surface area contributed by atoms with E-state index in [9.17, 15) is 8.42 Å². The van der Waals surface area contributed by atoms with Gasteiger partial charge in [0.05, 0.1) is 0 Å². The fourth-order valence-corrected chi connectivity index (χ4v) is 1.99. The molecule has 0 aliphatic heterocycles. The number of rotatable bonds is 3. The topological polar surface area (TPSA) is 101 Å². The zero-order valence-electron chi connectivity index (χ0n) is 8.33. The van der Waals surface area contributed by atoms with Gasteiger partial charge in [-0.05, 0) is 13.8 Å². The number of nitrogens with two attached hydrogens (primary N) is 1. The molecule has 0 amide bonds. The minimum Gasteiger partial charge on any atom is -0.383 e. The summed E-state index contributed by atoms with van der Waals surface area (Å²) in [5.74, 6) is 0.343. The molecule has 0 bridgehead atoms. The van der Waals surface area contributed by atoms with E-state index in [2.05, 4.69) is 15.5 Å². The van der Waals surface area contributed by atoms with Gasteiger partial charge in [0.1, 0.15) is 5.82 Å². The molecule has 80 valence electrons. The monoisotopic (exact) mass is 218 g/mol. The Hall–Kier alpha value is -1.24. The maximum absolute atomic E-state index is 11.3. The second kappa shape index (κ2) is 3.49.